The molecule has 1 heterocycles. The minimum Gasteiger partial charge on any atom is -0.480 e. The third-order valence-electron chi connectivity index (χ3n) is 3.42. The normalized spacial score (nSPS) is 15.3. The van der Waals surface area contributed by atoms with E-state index >= 15 is 0 Å². The number of nitrogens with one attached hydrogen (secondary N) is 1. The number of hydrogen-bond donors (Lipinski definition) is 2. The van der Waals surface area contributed by atoms with Gasteiger partial charge in [-0.25, -0.2) is 9.78 Å². The van der Waals surface area contributed by atoms with Crippen LogP contribution in [0.4, 0.5) is 0 Å². The summed E-state index contributed by atoms with van der Waals surface area (Å²) in [6.07, 6.45) is 2.11. The van der Waals surface area contributed by atoms with Crippen LogP contribution < -0.4 is 0 Å². The number of hydrogen-bond acceptors (Lipinski definition) is 4. The first-order chi connectivity index (χ1) is 8.87. The van der Waals surface area contributed by atoms with E-state index in [-0.39, 0.29) is 12.4 Å². The van der Waals surface area contributed by atoms with Crippen molar-refractivity contribution in [1.29, 1.82) is 0 Å². The topological polar surface area (TPSA) is 99.2 Å². The molecule has 1 saturated carbocycles. The van der Waals surface area contributed by atoms with Crippen molar-refractivity contribution in [1.82, 2.24) is 20.1 Å². The smallest absolute Gasteiger partial charge is 0.329 e. The minimum absolute atomic E-state index is 0.0399. The van der Waals surface area contributed by atoms with Gasteiger partial charge in [-0.2, -0.15) is 0 Å². The van der Waals surface area contributed by atoms with E-state index in [1.807, 2.05) is 0 Å². The molecule has 1 aromatic rings. The Morgan fingerprint density at radius 3 is 2.58 bits per heavy atom. The molecule has 0 aromatic carbocycles. The summed E-state index contributed by atoms with van der Waals surface area (Å²) in [5.41, 5.74) is -1.29. The summed E-state index contributed by atoms with van der Waals surface area (Å²) in [5, 5.41) is 15.9. The van der Waals surface area contributed by atoms with Gasteiger partial charge >= 0.3 is 5.97 Å². The molecular formula is C12H18N4O3. The Balaban J connectivity index is 2.22. The number of H-pyrrole nitrogens is 1. The molecule has 0 aliphatic heterocycles. The van der Waals surface area contributed by atoms with Gasteiger partial charge in [-0.3, -0.25) is 9.89 Å². The molecule has 0 unspecified atom stereocenters. The predicted molar refractivity (Wildman–Crippen MR) is 66.8 cm³/mol. The van der Waals surface area contributed by atoms with E-state index in [2.05, 4.69) is 15.2 Å². The van der Waals surface area contributed by atoms with E-state index in [1.54, 1.807) is 6.92 Å². The Bertz CT molecular complexity index is 505. The molecular weight excluding hydrogens is 248 g/mol. The Kier molecular flexibility index (Phi) is 3.30. The molecule has 0 spiro atoms. The summed E-state index contributed by atoms with van der Waals surface area (Å²) in [4.78, 5) is 29.0. The van der Waals surface area contributed by atoms with Crippen molar-refractivity contribution in [2.45, 2.75) is 45.1 Å². The van der Waals surface area contributed by atoms with Gasteiger partial charge in [0.15, 0.2) is 0 Å². The molecule has 2 N–H and O–H groups in total. The molecule has 1 fully saturated rings. The van der Waals surface area contributed by atoms with Gasteiger partial charge in [0.2, 0.25) is 5.82 Å². The lowest BCUT2D eigenvalue weighted by molar-refractivity contribution is -0.147. The van der Waals surface area contributed by atoms with Crippen molar-refractivity contribution in [3.8, 4) is 0 Å². The standard InChI is InChI=1S/C12H18N4O3/c1-4-16(12(2,3)11(18)19)10(17)9-13-8(14-15-9)7-5-6-7/h7H,4-6H2,1-3H3,(H,18,19)(H,13,14,15). The second-order valence-electron chi connectivity index (χ2n) is 5.23. The molecule has 0 saturated heterocycles. The molecule has 1 aromatic heterocycles. The fraction of sp³-hybridized carbons (Fsp3) is 0.667. The molecule has 1 amide bonds. The number of carboxylic acid groups (broad SMARTS) is 1. The first-order valence-corrected chi connectivity index (χ1v) is 6.35. The first kappa shape index (κ1) is 13.5. The lowest BCUT2D eigenvalue weighted by Gasteiger charge is -2.33. The van der Waals surface area contributed by atoms with Gasteiger partial charge in [-0.1, -0.05) is 0 Å². The molecule has 1 aliphatic rings. The second kappa shape index (κ2) is 4.64. The maximum absolute atomic E-state index is 12.3. The number of carbonyl (C=O) groups excluding carboxylic acids is 1. The van der Waals surface area contributed by atoms with Crippen LogP contribution in [0.5, 0.6) is 0 Å². The van der Waals surface area contributed by atoms with E-state index in [0.29, 0.717) is 11.7 Å². The number of likely N-dealkylation sites (N-methyl/N-ethyl adjacent to an activating group) is 1. The summed E-state index contributed by atoms with van der Waals surface area (Å²) < 4.78 is 0. The average molecular weight is 266 g/mol. The highest BCUT2D eigenvalue weighted by molar-refractivity contribution is 5.94. The largest absolute Gasteiger partial charge is 0.480 e. The lowest BCUT2D eigenvalue weighted by atomic mass is 10.0. The van der Waals surface area contributed by atoms with Crippen molar-refractivity contribution in [2.75, 3.05) is 6.54 Å². The monoisotopic (exact) mass is 266 g/mol. The van der Waals surface area contributed by atoms with Gasteiger partial charge in [0, 0.05) is 12.5 Å². The predicted octanol–water partition coefficient (Wildman–Crippen LogP) is 1.01. The minimum atomic E-state index is -1.29. The zero-order valence-corrected chi connectivity index (χ0v) is 11.3. The highest BCUT2D eigenvalue weighted by Crippen LogP contribution is 2.37. The summed E-state index contributed by atoms with van der Waals surface area (Å²) in [6.45, 7) is 5.00. The third-order valence-corrected chi connectivity index (χ3v) is 3.42. The number of aromatic nitrogens is 3. The Morgan fingerprint density at radius 2 is 2.11 bits per heavy atom. The molecule has 0 atom stereocenters. The Labute approximate surface area is 111 Å². The summed E-state index contributed by atoms with van der Waals surface area (Å²) in [6, 6.07) is 0. The number of rotatable bonds is 5. The van der Waals surface area contributed by atoms with Crippen LogP contribution in [-0.4, -0.2) is 49.1 Å². The maximum atomic E-state index is 12.3. The van der Waals surface area contributed by atoms with Crippen LogP contribution in [0.3, 0.4) is 0 Å². The number of aromatic amines is 1. The number of carboxylic acids is 1. The summed E-state index contributed by atoms with van der Waals surface area (Å²) >= 11 is 0. The number of carbonyl (C=O) groups is 2. The SMILES string of the molecule is CCN(C(=O)c1n[nH]c(C2CC2)n1)C(C)(C)C(=O)O. The van der Waals surface area contributed by atoms with Gasteiger partial charge in [-0.05, 0) is 33.6 Å². The van der Waals surface area contributed by atoms with Crippen molar-refractivity contribution < 1.29 is 14.7 Å². The zero-order chi connectivity index (χ0) is 14.2. The Morgan fingerprint density at radius 1 is 1.47 bits per heavy atom. The number of nitrogens with zero attached hydrogens (tertiary/aromatic N) is 3. The van der Waals surface area contributed by atoms with Gasteiger partial charge in [0.05, 0.1) is 0 Å². The molecule has 0 radical (unpaired) electrons. The fourth-order valence-corrected chi connectivity index (χ4v) is 1.94. The summed E-state index contributed by atoms with van der Waals surface area (Å²) in [7, 11) is 0. The van der Waals surface area contributed by atoms with E-state index < -0.39 is 17.4 Å². The molecule has 1 aliphatic carbocycles. The number of aliphatic carboxylic acids is 1. The van der Waals surface area contributed by atoms with Crippen LogP contribution in [0.2, 0.25) is 0 Å². The van der Waals surface area contributed by atoms with Gasteiger partial charge in [-0.15, -0.1) is 5.10 Å². The summed E-state index contributed by atoms with van der Waals surface area (Å²) in [5.74, 6) is -0.388. The fourth-order valence-electron chi connectivity index (χ4n) is 1.94. The Hall–Kier alpha value is -1.92. The van der Waals surface area contributed by atoms with Crippen LogP contribution in [0, 0.1) is 0 Å². The highest BCUT2D eigenvalue weighted by Gasteiger charge is 2.39. The third kappa shape index (κ3) is 2.45. The zero-order valence-electron chi connectivity index (χ0n) is 11.3. The van der Waals surface area contributed by atoms with E-state index in [1.165, 1.54) is 18.7 Å². The lowest BCUT2D eigenvalue weighted by Crippen LogP contribution is -2.53. The maximum Gasteiger partial charge on any atom is 0.329 e. The molecule has 0 bridgehead atoms. The molecule has 19 heavy (non-hydrogen) atoms. The number of amides is 1. The van der Waals surface area contributed by atoms with Crippen LogP contribution in [-0.2, 0) is 4.79 Å². The molecule has 2 rings (SSSR count). The van der Waals surface area contributed by atoms with E-state index in [0.717, 1.165) is 12.8 Å². The van der Waals surface area contributed by atoms with Crippen molar-refractivity contribution >= 4 is 11.9 Å². The molecule has 104 valence electrons. The molecule has 7 nitrogen and oxygen atoms in total. The van der Waals surface area contributed by atoms with Crippen molar-refractivity contribution in [3.05, 3.63) is 11.6 Å². The highest BCUT2D eigenvalue weighted by atomic mass is 16.4. The quantitative estimate of drug-likeness (QED) is 0.828. The average Bonchev–Trinajstić information content (AvgIpc) is 3.07. The van der Waals surface area contributed by atoms with E-state index in [9.17, 15) is 14.7 Å². The van der Waals surface area contributed by atoms with Crippen molar-refractivity contribution in [2.24, 2.45) is 0 Å². The van der Waals surface area contributed by atoms with Gasteiger partial charge < -0.3 is 10.0 Å². The first-order valence-electron chi connectivity index (χ1n) is 6.35. The van der Waals surface area contributed by atoms with Crippen molar-refractivity contribution in [3.63, 3.8) is 0 Å². The van der Waals surface area contributed by atoms with Crippen LogP contribution >= 0.6 is 0 Å². The van der Waals surface area contributed by atoms with Gasteiger partial charge in [0.25, 0.3) is 5.91 Å². The van der Waals surface area contributed by atoms with Crippen LogP contribution in [0.15, 0.2) is 0 Å². The van der Waals surface area contributed by atoms with Crippen LogP contribution in [0.1, 0.15) is 56.0 Å². The second-order valence-corrected chi connectivity index (χ2v) is 5.23. The van der Waals surface area contributed by atoms with Gasteiger partial charge in [0.1, 0.15) is 11.4 Å². The van der Waals surface area contributed by atoms with Crippen LogP contribution in [0.25, 0.3) is 0 Å². The van der Waals surface area contributed by atoms with E-state index in [4.69, 9.17) is 0 Å². The molecule has 7 heteroatoms.